The molecule has 0 aliphatic rings. The molecule has 0 unspecified atom stereocenters. The molecule has 92 valence electrons. The van der Waals surface area contributed by atoms with Gasteiger partial charge < -0.3 is 17.7 Å². The summed E-state index contributed by atoms with van der Waals surface area (Å²) in [6.45, 7) is 0.752. The van der Waals surface area contributed by atoms with Crippen LogP contribution in [0, 0.1) is 11.3 Å². The molecule has 2 rings (SSSR count). The van der Waals surface area contributed by atoms with Crippen LogP contribution >= 0.6 is 0 Å². The van der Waals surface area contributed by atoms with Gasteiger partial charge >= 0.3 is 0 Å². The number of rotatable bonds is 4. The normalized spacial score (nSPS) is 9.06. The van der Waals surface area contributed by atoms with Crippen molar-refractivity contribution in [3.8, 4) is 6.07 Å². The number of para-hydroxylation sites is 1. The van der Waals surface area contributed by atoms with Gasteiger partial charge in [-0.25, -0.2) is 0 Å². The molecule has 0 radical (unpaired) electrons. The second kappa shape index (κ2) is 7.37. The summed E-state index contributed by atoms with van der Waals surface area (Å²) < 4.78 is 0. The highest BCUT2D eigenvalue weighted by molar-refractivity contribution is 5.44. The van der Waals surface area contributed by atoms with E-state index in [1.165, 1.54) is 5.56 Å². The van der Waals surface area contributed by atoms with E-state index in [1.807, 2.05) is 48.5 Å². The second-order valence-electron chi connectivity index (χ2n) is 3.82. The predicted octanol–water partition coefficient (Wildman–Crippen LogP) is 0.369. The van der Waals surface area contributed by atoms with E-state index in [4.69, 9.17) is 5.26 Å². The molecule has 0 saturated heterocycles. The summed E-state index contributed by atoms with van der Waals surface area (Å²) in [6.07, 6.45) is 0.465. The average Bonchev–Trinajstić information content (AvgIpc) is 2.39. The molecule has 18 heavy (non-hydrogen) atoms. The van der Waals surface area contributed by atoms with Gasteiger partial charge in [-0.2, -0.15) is 5.26 Å². The number of nitriles is 1. The van der Waals surface area contributed by atoms with Crippen LogP contribution in [0.2, 0.25) is 0 Å². The summed E-state index contributed by atoms with van der Waals surface area (Å²) in [5.41, 5.74) is 3.37. The molecule has 0 aliphatic carbocycles. The van der Waals surface area contributed by atoms with Crippen molar-refractivity contribution >= 4 is 5.69 Å². The Morgan fingerprint density at radius 3 is 2.17 bits per heavy atom. The van der Waals surface area contributed by atoms with E-state index in [1.54, 1.807) is 0 Å². The van der Waals surface area contributed by atoms with E-state index in [9.17, 15) is 0 Å². The van der Waals surface area contributed by atoms with Crippen LogP contribution in [0.25, 0.3) is 0 Å². The molecule has 0 heterocycles. The van der Waals surface area contributed by atoms with E-state index in [0.717, 1.165) is 17.8 Å². The van der Waals surface area contributed by atoms with Gasteiger partial charge in [0.1, 0.15) is 0 Å². The molecule has 0 amide bonds. The average molecular weight is 258 g/mol. The van der Waals surface area contributed by atoms with Crippen molar-refractivity contribution in [1.29, 1.82) is 5.26 Å². The van der Waals surface area contributed by atoms with Gasteiger partial charge in [-0.3, -0.25) is 0 Å². The van der Waals surface area contributed by atoms with Gasteiger partial charge in [0.05, 0.1) is 12.5 Å². The summed E-state index contributed by atoms with van der Waals surface area (Å²) in [5.74, 6) is 0. The fourth-order valence-corrected chi connectivity index (χ4v) is 1.74. The Labute approximate surface area is 114 Å². The van der Waals surface area contributed by atoms with Gasteiger partial charge in [0.25, 0.3) is 0 Å². The van der Waals surface area contributed by atoms with Gasteiger partial charge in [-0.05, 0) is 23.3 Å². The summed E-state index contributed by atoms with van der Waals surface area (Å²) in [4.78, 5) is 0. The number of hydrogen-bond donors (Lipinski definition) is 1. The molecule has 2 nitrogen and oxygen atoms in total. The standard InChI is InChI=1S/C15H14N2.ClH/c16-11-10-13-6-4-5-7-14(13)12-17-15-8-2-1-3-9-15;/h1-9,17H,10,12H2;1H/p-1. The minimum absolute atomic E-state index is 0. The minimum Gasteiger partial charge on any atom is -1.00 e. The van der Waals surface area contributed by atoms with E-state index >= 15 is 0 Å². The monoisotopic (exact) mass is 257 g/mol. The molecule has 3 heteroatoms. The number of hydrogen-bond acceptors (Lipinski definition) is 2. The summed E-state index contributed by atoms with van der Waals surface area (Å²) in [5, 5.41) is 12.1. The third kappa shape index (κ3) is 3.80. The fraction of sp³-hybridized carbons (Fsp3) is 0.133. The summed E-state index contributed by atoms with van der Waals surface area (Å²) >= 11 is 0. The Balaban J connectivity index is 0.00000162. The summed E-state index contributed by atoms with van der Waals surface area (Å²) in [6, 6.07) is 20.3. The Bertz CT molecular complexity index is 518. The van der Waals surface area contributed by atoms with Crippen molar-refractivity contribution in [3.05, 3.63) is 65.7 Å². The first-order chi connectivity index (χ1) is 8.40. The largest absolute Gasteiger partial charge is 1.00 e. The van der Waals surface area contributed by atoms with Crippen LogP contribution in [-0.4, -0.2) is 0 Å². The lowest BCUT2D eigenvalue weighted by atomic mass is 10.1. The molecule has 0 saturated carbocycles. The highest BCUT2D eigenvalue weighted by Crippen LogP contribution is 2.12. The first kappa shape index (κ1) is 14.1. The predicted molar refractivity (Wildman–Crippen MR) is 69.5 cm³/mol. The zero-order chi connectivity index (χ0) is 11.9. The highest BCUT2D eigenvalue weighted by Gasteiger charge is 2.00. The Kier molecular flexibility index (Phi) is 5.76. The van der Waals surface area contributed by atoms with Crippen LogP contribution in [0.1, 0.15) is 11.1 Å². The number of nitrogens with zero attached hydrogens (tertiary/aromatic N) is 1. The Morgan fingerprint density at radius 1 is 0.889 bits per heavy atom. The molecule has 0 atom stereocenters. The van der Waals surface area contributed by atoms with Crippen LogP contribution in [0.4, 0.5) is 5.69 Å². The lowest BCUT2D eigenvalue weighted by molar-refractivity contribution is -0.00000365. The number of halogens is 1. The fourth-order valence-electron chi connectivity index (χ4n) is 1.74. The number of benzene rings is 2. The van der Waals surface area contributed by atoms with E-state index in [0.29, 0.717) is 6.42 Å². The minimum atomic E-state index is 0. The molecule has 0 bridgehead atoms. The molecule has 0 aliphatic heterocycles. The molecule has 0 fully saturated rings. The van der Waals surface area contributed by atoms with Crippen molar-refractivity contribution in [1.82, 2.24) is 0 Å². The van der Waals surface area contributed by atoms with Crippen molar-refractivity contribution in [2.75, 3.05) is 5.32 Å². The lowest BCUT2D eigenvalue weighted by Gasteiger charge is -2.09. The quantitative estimate of drug-likeness (QED) is 0.859. The zero-order valence-corrected chi connectivity index (χ0v) is 10.7. The Morgan fingerprint density at radius 2 is 1.50 bits per heavy atom. The first-order valence-corrected chi connectivity index (χ1v) is 5.63. The Hall–Kier alpha value is -1.98. The third-order valence-electron chi connectivity index (χ3n) is 2.64. The van der Waals surface area contributed by atoms with Crippen LogP contribution in [0.3, 0.4) is 0 Å². The van der Waals surface area contributed by atoms with Crippen molar-refractivity contribution in [2.24, 2.45) is 0 Å². The first-order valence-electron chi connectivity index (χ1n) is 5.63. The number of anilines is 1. The van der Waals surface area contributed by atoms with Crippen LogP contribution in [0.5, 0.6) is 0 Å². The van der Waals surface area contributed by atoms with Gasteiger partial charge in [0.2, 0.25) is 0 Å². The second-order valence-corrected chi connectivity index (χ2v) is 3.82. The zero-order valence-electron chi connectivity index (χ0n) is 9.94. The van der Waals surface area contributed by atoms with Gasteiger partial charge in [-0.15, -0.1) is 0 Å². The maximum Gasteiger partial charge on any atom is 0.0669 e. The molecule has 1 N–H and O–H groups in total. The highest BCUT2D eigenvalue weighted by atomic mass is 35.5. The summed E-state index contributed by atoms with van der Waals surface area (Å²) in [7, 11) is 0. The molecule has 0 spiro atoms. The van der Waals surface area contributed by atoms with Crippen molar-refractivity contribution < 1.29 is 12.4 Å². The van der Waals surface area contributed by atoms with Crippen molar-refractivity contribution in [3.63, 3.8) is 0 Å². The van der Waals surface area contributed by atoms with Crippen LogP contribution in [-0.2, 0) is 13.0 Å². The van der Waals surface area contributed by atoms with Gasteiger partial charge in [-0.1, -0.05) is 42.5 Å². The maximum atomic E-state index is 8.76. The molecule has 2 aromatic rings. The third-order valence-corrected chi connectivity index (χ3v) is 2.64. The van der Waals surface area contributed by atoms with E-state index < -0.39 is 0 Å². The van der Waals surface area contributed by atoms with E-state index in [2.05, 4.69) is 17.5 Å². The maximum absolute atomic E-state index is 8.76. The van der Waals surface area contributed by atoms with Gasteiger partial charge in [0, 0.05) is 12.2 Å². The molecular weight excluding hydrogens is 244 g/mol. The lowest BCUT2D eigenvalue weighted by Crippen LogP contribution is -3.00. The van der Waals surface area contributed by atoms with Crippen LogP contribution in [0.15, 0.2) is 54.6 Å². The van der Waals surface area contributed by atoms with Crippen LogP contribution < -0.4 is 17.7 Å². The number of nitrogens with one attached hydrogen (secondary N) is 1. The van der Waals surface area contributed by atoms with Gasteiger partial charge in [0.15, 0.2) is 0 Å². The SMILES string of the molecule is N#CCc1ccccc1CNc1ccccc1.[Cl-]. The smallest absolute Gasteiger partial charge is 0.0669 e. The molecule has 2 aromatic carbocycles. The van der Waals surface area contributed by atoms with Crippen molar-refractivity contribution in [2.45, 2.75) is 13.0 Å². The molecule has 0 aromatic heterocycles. The molecular formula is C15H14ClN2-. The topological polar surface area (TPSA) is 35.8 Å². The van der Waals surface area contributed by atoms with E-state index in [-0.39, 0.29) is 12.4 Å².